The number of benzene rings is 2. The highest BCUT2D eigenvalue weighted by atomic mass is 16.5. The molecule has 2 heteroatoms. The van der Waals surface area contributed by atoms with Gasteiger partial charge in [-0.05, 0) is 17.0 Å². The van der Waals surface area contributed by atoms with Crippen LogP contribution in [-0.4, -0.2) is 13.4 Å². The number of hydrogen-bond donors (Lipinski definition) is 0. The van der Waals surface area contributed by atoms with Crippen molar-refractivity contribution in [3.63, 3.8) is 0 Å². The van der Waals surface area contributed by atoms with Crippen LogP contribution in [0.15, 0.2) is 36.4 Å². The lowest BCUT2D eigenvalue weighted by molar-refractivity contribution is -0.108. The van der Waals surface area contributed by atoms with Gasteiger partial charge in [-0.1, -0.05) is 37.3 Å². The van der Waals surface area contributed by atoms with Crippen molar-refractivity contribution in [1.82, 2.24) is 0 Å². The van der Waals surface area contributed by atoms with Crippen molar-refractivity contribution < 1.29 is 9.53 Å². The molecule has 82 valence electrons. The maximum Gasteiger partial charge on any atom is 0.127 e. The molecule has 0 radical (unpaired) electrons. The number of rotatable bonds is 3. The van der Waals surface area contributed by atoms with Crippen molar-refractivity contribution in [3.8, 4) is 5.75 Å². The summed E-state index contributed by atoms with van der Waals surface area (Å²) in [7, 11) is 1.66. The molecule has 0 aliphatic rings. The second-order valence-corrected chi connectivity index (χ2v) is 3.83. The summed E-state index contributed by atoms with van der Waals surface area (Å²) in [5, 5.41) is 2.14. The van der Waals surface area contributed by atoms with Gasteiger partial charge in [0.1, 0.15) is 12.0 Å². The highest BCUT2D eigenvalue weighted by Gasteiger charge is 2.10. The van der Waals surface area contributed by atoms with Gasteiger partial charge in [-0.2, -0.15) is 0 Å². The van der Waals surface area contributed by atoms with Crippen molar-refractivity contribution in [2.75, 3.05) is 7.11 Å². The van der Waals surface area contributed by atoms with Gasteiger partial charge in [0.2, 0.25) is 0 Å². The molecule has 1 unspecified atom stereocenters. The summed E-state index contributed by atoms with van der Waals surface area (Å²) in [6, 6.07) is 11.9. The summed E-state index contributed by atoms with van der Waals surface area (Å²) in [6.07, 6.45) is 0.967. The van der Waals surface area contributed by atoms with Crippen LogP contribution in [-0.2, 0) is 4.79 Å². The lowest BCUT2D eigenvalue weighted by atomic mass is 9.95. The second-order valence-electron chi connectivity index (χ2n) is 3.83. The Hall–Kier alpha value is -1.83. The quantitative estimate of drug-likeness (QED) is 0.734. The molecular formula is C14H14O2. The Morgan fingerprint density at radius 1 is 1.12 bits per heavy atom. The Morgan fingerprint density at radius 3 is 2.44 bits per heavy atom. The molecule has 0 spiro atoms. The maximum atomic E-state index is 10.9. The minimum atomic E-state index is -0.0872. The SMILES string of the molecule is COc1ccc(C(C)C=O)c2ccccc12. The van der Waals surface area contributed by atoms with Crippen LogP contribution in [0.2, 0.25) is 0 Å². The summed E-state index contributed by atoms with van der Waals surface area (Å²) in [6.45, 7) is 1.90. The van der Waals surface area contributed by atoms with Crippen LogP contribution in [0.25, 0.3) is 10.8 Å². The van der Waals surface area contributed by atoms with Gasteiger partial charge in [-0.25, -0.2) is 0 Å². The van der Waals surface area contributed by atoms with E-state index < -0.39 is 0 Å². The third-order valence-corrected chi connectivity index (χ3v) is 2.83. The number of fused-ring (bicyclic) bond motifs is 1. The molecule has 1 atom stereocenters. The van der Waals surface area contributed by atoms with E-state index in [-0.39, 0.29) is 5.92 Å². The standard InChI is InChI=1S/C14H14O2/c1-10(9-15)11-7-8-14(16-2)13-6-4-3-5-12(11)13/h3-10H,1-2H3. The molecule has 0 fully saturated rings. The zero-order valence-electron chi connectivity index (χ0n) is 9.44. The van der Waals surface area contributed by atoms with Gasteiger partial charge in [-0.15, -0.1) is 0 Å². The van der Waals surface area contributed by atoms with Gasteiger partial charge in [-0.3, -0.25) is 0 Å². The third-order valence-electron chi connectivity index (χ3n) is 2.83. The van der Waals surface area contributed by atoms with Gasteiger partial charge in [0, 0.05) is 11.3 Å². The first kappa shape index (κ1) is 10.7. The van der Waals surface area contributed by atoms with E-state index in [0.717, 1.165) is 28.4 Å². The van der Waals surface area contributed by atoms with Crippen molar-refractivity contribution >= 4 is 17.1 Å². The zero-order chi connectivity index (χ0) is 11.5. The van der Waals surface area contributed by atoms with Crippen LogP contribution in [0.3, 0.4) is 0 Å². The number of hydrogen-bond acceptors (Lipinski definition) is 2. The van der Waals surface area contributed by atoms with Gasteiger partial charge in [0.15, 0.2) is 0 Å². The molecule has 0 saturated heterocycles. The molecule has 2 aromatic carbocycles. The molecule has 0 aliphatic carbocycles. The Morgan fingerprint density at radius 2 is 1.81 bits per heavy atom. The summed E-state index contributed by atoms with van der Waals surface area (Å²) in [4.78, 5) is 10.9. The average molecular weight is 214 g/mol. The Labute approximate surface area is 94.8 Å². The fourth-order valence-corrected chi connectivity index (χ4v) is 1.94. The van der Waals surface area contributed by atoms with E-state index in [9.17, 15) is 4.79 Å². The summed E-state index contributed by atoms with van der Waals surface area (Å²) >= 11 is 0. The predicted octanol–water partition coefficient (Wildman–Crippen LogP) is 3.15. The summed E-state index contributed by atoms with van der Waals surface area (Å²) in [5.74, 6) is 0.758. The Kier molecular flexibility index (Phi) is 2.91. The molecule has 2 aromatic rings. The van der Waals surface area contributed by atoms with E-state index in [1.165, 1.54) is 0 Å². The van der Waals surface area contributed by atoms with Crippen molar-refractivity contribution in [2.45, 2.75) is 12.8 Å². The normalized spacial score (nSPS) is 12.4. The number of carbonyl (C=O) groups excluding carboxylic acids is 1. The van der Waals surface area contributed by atoms with E-state index in [1.54, 1.807) is 7.11 Å². The monoisotopic (exact) mass is 214 g/mol. The van der Waals surface area contributed by atoms with Crippen LogP contribution in [0.5, 0.6) is 5.75 Å². The maximum absolute atomic E-state index is 10.9. The second kappa shape index (κ2) is 4.35. The van der Waals surface area contributed by atoms with Gasteiger partial charge >= 0.3 is 0 Å². The van der Waals surface area contributed by atoms with Gasteiger partial charge in [0.05, 0.1) is 7.11 Å². The highest BCUT2D eigenvalue weighted by Crippen LogP contribution is 2.31. The summed E-state index contributed by atoms with van der Waals surface area (Å²) < 4.78 is 5.31. The minimum absolute atomic E-state index is 0.0872. The molecule has 0 heterocycles. The average Bonchev–Trinajstić information content (AvgIpc) is 2.36. The zero-order valence-corrected chi connectivity index (χ0v) is 9.44. The van der Waals surface area contributed by atoms with Gasteiger partial charge in [0.25, 0.3) is 0 Å². The van der Waals surface area contributed by atoms with Crippen LogP contribution in [0.1, 0.15) is 18.4 Å². The topological polar surface area (TPSA) is 26.3 Å². The number of methoxy groups -OCH3 is 1. The Balaban J connectivity index is 2.74. The number of carbonyl (C=O) groups is 1. The number of aldehydes is 1. The summed E-state index contributed by atoms with van der Waals surface area (Å²) in [5.41, 5.74) is 1.05. The molecular weight excluding hydrogens is 200 g/mol. The number of ether oxygens (including phenoxy) is 1. The highest BCUT2D eigenvalue weighted by molar-refractivity contribution is 5.93. The van der Waals surface area contributed by atoms with Crippen LogP contribution in [0.4, 0.5) is 0 Å². The fourth-order valence-electron chi connectivity index (χ4n) is 1.94. The van der Waals surface area contributed by atoms with E-state index in [2.05, 4.69) is 0 Å². The minimum Gasteiger partial charge on any atom is -0.496 e. The first-order valence-electron chi connectivity index (χ1n) is 5.29. The van der Waals surface area contributed by atoms with Crippen molar-refractivity contribution in [2.24, 2.45) is 0 Å². The lowest BCUT2D eigenvalue weighted by Gasteiger charge is -2.11. The van der Waals surface area contributed by atoms with Crippen LogP contribution in [0, 0.1) is 0 Å². The lowest BCUT2D eigenvalue weighted by Crippen LogP contribution is -1.96. The molecule has 0 bridgehead atoms. The smallest absolute Gasteiger partial charge is 0.127 e. The first-order chi connectivity index (χ1) is 7.77. The predicted molar refractivity (Wildman–Crippen MR) is 65.0 cm³/mol. The first-order valence-corrected chi connectivity index (χ1v) is 5.29. The molecule has 16 heavy (non-hydrogen) atoms. The van der Waals surface area contributed by atoms with Crippen LogP contribution >= 0.6 is 0 Å². The van der Waals surface area contributed by atoms with Crippen molar-refractivity contribution in [1.29, 1.82) is 0 Å². The largest absolute Gasteiger partial charge is 0.496 e. The van der Waals surface area contributed by atoms with Gasteiger partial charge < -0.3 is 9.53 Å². The fraction of sp³-hybridized carbons (Fsp3) is 0.214. The Bertz CT molecular complexity index is 517. The van der Waals surface area contributed by atoms with E-state index >= 15 is 0 Å². The van der Waals surface area contributed by atoms with Crippen LogP contribution < -0.4 is 4.74 Å². The molecule has 2 nitrogen and oxygen atoms in total. The van der Waals surface area contributed by atoms with E-state index in [1.807, 2.05) is 43.3 Å². The van der Waals surface area contributed by atoms with E-state index in [4.69, 9.17) is 4.74 Å². The molecule has 0 aliphatic heterocycles. The molecule has 2 rings (SSSR count). The molecule has 0 amide bonds. The molecule has 0 aromatic heterocycles. The van der Waals surface area contributed by atoms with Crippen molar-refractivity contribution in [3.05, 3.63) is 42.0 Å². The van der Waals surface area contributed by atoms with E-state index in [0.29, 0.717) is 0 Å². The third kappa shape index (κ3) is 1.67. The molecule has 0 saturated carbocycles. The molecule has 0 N–H and O–H groups in total.